The largest absolute Gasteiger partial charge is 0.362 e. The molecule has 1 heterocycles. The molecule has 102 valence electrons. The van der Waals surface area contributed by atoms with Gasteiger partial charge >= 0.3 is 0 Å². The van der Waals surface area contributed by atoms with Crippen molar-refractivity contribution in [2.75, 3.05) is 0 Å². The highest BCUT2D eigenvalue weighted by molar-refractivity contribution is 6.21. The number of carbonyl (C=O) groups excluding carboxylic acids is 2. The molecule has 1 aliphatic carbocycles. The van der Waals surface area contributed by atoms with E-state index in [4.69, 9.17) is 0 Å². The molecule has 0 aromatic carbocycles. The van der Waals surface area contributed by atoms with E-state index in [1.54, 1.807) is 12.3 Å². The highest BCUT2D eigenvalue weighted by Gasteiger charge is 2.20. The summed E-state index contributed by atoms with van der Waals surface area (Å²) in [7, 11) is 0. The Labute approximate surface area is 113 Å². The molecule has 0 aliphatic heterocycles. The molecule has 19 heavy (non-hydrogen) atoms. The van der Waals surface area contributed by atoms with E-state index in [0.717, 1.165) is 31.4 Å². The van der Waals surface area contributed by atoms with Crippen LogP contribution in [0.5, 0.6) is 0 Å². The summed E-state index contributed by atoms with van der Waals surface area (Å²) >= 11 is 0. The van der Waals surface area contributed by atoms with Crippen molar-refractivity contribution >= 4 is 17.8 Å². The fourth-order valence-electron chi connectivity index (χ4n) is 2.43. The van der Waals surface area contributed by atoms with Crippen molar-refractivity contribution < 1.29 is 9.59 Å². The molecular weight excluding hydrogens is 240 g/mol. The van der Waals surface area contributed by atoms with Crippen LogP contribution in [0.15, 0.2) is 23.9 Å². The molecule has 0 bridgehead atoms. The first-order valence-electron chi connectivity index (χ1n) is 6.83. The van der Waals surface area contributed by atoms with Gasteiger partial charge in [-0.2, -0.15) is 0 Å². The lowest BCUT2D eigenvalue weighted by atomic mass is 9.95. The van der Waals surface area contributed by atoms with E-state index in [0.29, 0.717) is 0 Å². The second-order valence-electron chi connectivity index (χ2n) is 5.05. The summed E-state index contributed by atoms with van der Waals surface area (Å²) in [4.78, 5) is 26.7. The summed E-state index contributed by atoms with van der Waals surface area (Å²) in [5.74, 6) is -0.461. The maximum atomic E-state index is 12.2. The number of aromatic nitrogens is 1. The topological polar surface area (TPSA) is 62.0 Å². The highest BCUT2D eigenvalue weighted by Crippen LogP contribution is 2.18. The van der Waals surface area contributed by atoms with Crippen LogP contribution in [0.25, 0.3) is 6.08 Å². The number of H-pyrrole nitrogens is 1. The van der Waals surface area contributed by atoms with E-state index in [9.17, 15) is 9.59 Å². The van der Waals surface area contributed by atoms with Gasteiger partial charge in [0, 0.05) is 17.9 Å². The van der Waals surface area contributed by atoms with Crippen molar-refractivity contribution in [1.82, 2.24) is 10.3 Å². The fourth-order valence-corrected chi connectivity index (χ4v) is 2.43. The standard InChI is InChI=1S/C15H20N2O2/c1-11(18)14(10-13-8-5-9-16-13)15(19)17-12-6-3-2-4-7-12/h5,8-10,12,16H,2-4,6-7H2,1H3,(H,17,19)/b14-10-. The van der Waals surface area contributed by atoms with Crippen molar-refractivity contribution in [1.29, 1.82) is 0 Å². The van der Waals surface area contributed by atoms with E-state index >= 15 is 0 Å². The van der Waals surface area contributed by atoms with Crippen molar-refractivity contribution in [3.63, 3.8) is 0 Å². The number of nitrogens with one attached hydrogen (secondary N) is 2. The molecule has 4 nitrogen and oxygen atoms in total. The first-order valence-corrected chi connectivity index (χ1v) is 6.83. The number of rotatable bonds is 4. The summed E-state index contributed by atoms with van der Waals surface area (Å²) in [5.41, 5.74) is 0.983. The number of ketones is 1. The molecule has 2 rings (SSSR count). The molecule has 0 saturated heterocycles. The summed E-state index contributed by atoms with van der Waals surface area (Å²) in [6.07, 6.45) is 8.95. The Morgan fingerprint density at radius 3 is 2.63 bits per heavy atom. The van der Waals surface area contributed by atoms with E-state index in [1.807, 2.05) is 12.1 Å². The molecule has 0 atom stereocenters. The number of amides is 1. The number of hydrogen-bond acceptors (Lipinski definition) is 2. The third kappa shape index (κ3) is 3.81. The van der Waals surface area contributed by atoms with Gasteiger partial charge in [0.25, 0.3) is 5.91 Å². The van der Waals surface area contributed by atoms with Crippen LogP contribution in [0, 0.1) is 0 Å². The van der Waals surface area contributed by atoms with Gasteiger partial charge in [-0.15, -0.1) is 0 Å². The van der Waals surface area contributed by atoms with Gasteiger partial charge in [0.1, 0.15) is 0 Å². The number of aromatic amines is 1. The molecule has 0 radical (unpaired) electrons. The zero-order chi connectivity index (χ0) is 13.7. The Bertz CT molecular complexity index is 468. The molecule has 1 saturated carbocycles. The zero-order valence-electron chi connectivity index (χ0n) is 11.2. The van der Waals surface area contributed by atoms with E-state index < -0.39 is 0 Å². The predicted molar refractivity (Wildman–Crippen MR) is 74.5 cm³/mol. The van der Waals surface area contributed by atoms with Crippen LogP contribution in [0.4, 0.5) is 0 Å². The molecule has 0 unspecified atom stereocenters. The molecule has 1 aromatic heterocycles. The molecule has 1 aliphatic rings. The lowest BCUT2D eigenvalue weighted by Crippen LogP contribution is -2.38. The summed E-state index contributed by atoms with van der Waals surface area (Å²) in [6, 6.07) is 3.88. The normalized spacial score (nSPS) is 17.2. The van der Waals surface area contributed by atoms with Crippen molar-refractivity contribution in [2.45, 2.75) is 45.1 Å². The first kappa shape index (κ1) is 13.6. The Kier molecular flexibility index (Phi) is 4.55. The fraction of sp³-hybridized carbons (Fsp3) is 0.467. The lowest BCUT2D eigenvalue weighted by Gasteiger charge is -2.23. The average Bonchev–Trinajstić information content (AvgIpc) is 2.89. The minimum Gasteiger partial charge on any atom is -0.362 e. The molecule has 1 amide bonds. The second-order valence-corrected chi connectivity index (χ2v) is 5.05. The van der Waals surface area contributed by atoms with E-state index in [1.165, 1.54) is 13.3 Å². The molecule has 4 heteroatoms. The predicted octanol–water partition coefficient (Wildman–Crippen LogP) is 2.44. The minimum atomic E-state index is -0.256. The zero-order valence-corrected chi connectivity index (χ0v) is 11.2. The quantitative estimate of drug-likeness (QED) is 0.496. The minimum absolute atomic E-state index is 0.206. The van der Waals surface area contributed by atoms with Crippen LogP contribution in [-0.4, -0.2) is 22.7 Å². The third-order valence-electron chi connectivity index (χ3n) is 3.49. The van der Waals surface area contributed by atoms with Gasteiger partial charge in [0.05, 0.1) is 5.57 Å². The van der Waals surface area contributed by atoms with Gasteiger partial charge in [0.2, 0.25) is 0 Å². The number of Topliss-reactive ketones (excluding diaryl/α,β-unsaturated/α-hetero) is 1. The maximum absolute atomic E-state index is 12.2. The van der Waals surface area contributed by atoms with Crippen LogP contribution in [0.1, 0.15) is 44.7 Å². The van der Waals surface area contributed by atoms with Gasteiger partial charge in [0.15, 0.2) is 5.78 Å². The Balaban J connectivity index is 2.06. The van der Waals surface area contributed by atoms with E-state index in [2.05, 4.69) is 10.3 Å². The number of hydrogen-bond donors (Lipinski definition) is 2. The summed E-state index contributed by atoms with van der Waals surface area (Å²) in [6.45, 7) is 1.43. The molecule has 1 aromatic rings. The van der Waals surface area contributed by atoms with Gasteiger partial charge < -0.3 is 10.3 Å². The Morgan fingerprint density at radius 2 is 2.05 bits per heavy atom. The van der Waals surface area contributed by atoms with Crippen molar-refractivity contribution in [3.05, 3.63) is 29.6 Å². The molecule has 2 N–H and O–H groups in total. The third-order valence-corrected chi connectivity index (χ3v) is 3.49. The van der Waals surface area contributed by atoms with Crippen LogP contribution in [0.3, 0.4) is 0 Å². The molecular formula is C15H20N2O2. The van der Waals surface area contributed by atoms with Crippen molar-refractivity contribution in [2.24, 2.45) is 0 Å². The van der Waals surface area contributed by atoms with Crippen LogP contribution < -0.4 is 5.32 Å². The summed E-state index contributed by atoms with van der Waals surface area (Å²) < 4.78 is 0. The maximum Gasteiger partial charge on any atom is 0.255 e. The summed E-state index contributed by atoms with van der Waals surface area (Å²) in [5, 5.41) is 2.97. The first-order chi connectivity index (χ1) is 9.16. The lowest BCUT2D eigenvalue weighted by molar-refractivity contribution is -0.122. The van der Waals surface area contributed by atoms with Gasteiger partial charge in [-0.05, 0) is 38.0 Å². The van der Waals surface area contributed by atoms with Crippen LogP contribution in [0.2, 0.25) is 0 Å². The van der Waals surface area contributed by atoms with Crippen LogP contribution in [-0.2, 0) is 9.59 Å². The van der Waals surface area contributed by atoms with Gasteiger partial charge in [-0.3, -0.25) is 9.59 Å². The average molecular weight is 260 g/mol. The Morgan fingerprint density at radius 1 is 1.32 bits per heavy atom. The molecule has 0 spiro atoms. The number of carbonyl (C=O) groups is 2. The van der Waals surface area contributed by atoms with Gasteiger partial charge in [-0.1, -0.05) is 19.3 Å². The molecule has 1 fully saturated rings. The smallest absolute Gasteiger partial charge is 0.255 e. The van der Waals surface area contributed by atoms with Gasteiger partial charge in [-0.25, -0.2) is 0 Å². The second kappa shape index (κ2) is 6.36. The monoisotopic (exact) mass is 260 g/mol. The van der Waals surface area contributed by atoms with E-state index in [-0.39, 0.29) is 23.3 Å². The Hall–Kier alpha value is -1.84. The SMILES string of the molecule is CC(=O)/C(=C/c1ccc[nH]1)C(=O)NC1CCCCC1. The highest BCUT2D eigenvalue weighted by atomic mass is 16.2. The van der Waals surface area contributed by atoms with Crippen LogP contribution >= 0.6 is 0 Å². The van der Waals surface area contributed by atoms with Crippen molar-refractivity contribution in [3.8, 4) is 0 Å².